The van der Waals surface area contributed by atoms with Gasteiger partial charge in [0.15, 0.2) is 0 Å². The third-order valence-corrected chi connectivity index (χ3v) is 4.65. The van der Waals surface area contributed by atoms with Crippen LogP contribution in [0.25, 0.3) is 10.9 Å². The molecule has 0 amide bonds. The largest absolute Gasteiger partial charge is 0.385 e. The van der Waals surface area contributed by atoms with Crippen LogP contribution in [0.3, 0.4) is 0 Å². The Balaban J connectivity index is 1.75. The first-order valence-electron chi connectivity index (χ1n) is 6.64. The van der Waals surface area contributed by atoms with Gasteiger partial charge in [-0.3, -0.25) is 0 Å². The molecule has 0 saturated carbocycles. The summed E-state index contributed by atoms with van der Waals surface area (Å²) in [5.41, 5.74) is 1.25. The van der Waals surface area contributed by atoms with Crippen LogP contribution in [-0.4, -0.2) is 15.8 Å². The number of fused-ring (bicyclic) bond motifs is 1. The Bertz CT molecular complexity index is 670. The topological polar surface area (TPSA) is 36.0 Å². The Morgan fingerprint density at radius 3 is 2.50 bits per heavy atom. The smallest absolute Gasteiger partial charge is 0.0962 e. The predicted molar refractivity (Wildman–Crippen MR) is 85.0 cm³/mol. The number of nitrogens with one attached hydrogen (secondary N) is 1. The average Bonchev–Trinajstić information content (AvgIpc) is 2.89. The van der Waals surface area contributed by atoms with Gasteiger partial charge in [0.2, 0.25) is 0 Å². The Kier molecular flexibility index (Phi) is 3.55. The molecule has 0 saturated heterocycles. The number of hydrogen-bond acceptors (Lipinski definition) is 2. The van der Waals surface area contributed by atoms with E-state index in [1.807, 2.05) is 49.4 Å². The molecular formula is C17H17NOS. The highest BCUT2D eigenvalue weighted by Gasteiger charge is 2.23. The highest BCUT2D eigenvalue weighted by molar-refractivity contribution is 7.99. The number of hydrogen-bond donors (Lipinski definition) is 2. The van der Waals surface area contributed by atoms with Crippen molar-refractivity contribution >= 4 is 22.7 Å². The molecule has 3 heteroatoms. The number of H-pyrrole nitrogens is 1. The van der Waals surface area contributed by atoms with E-state index in [0.717, 1.165) is 16.1 Å². The summed E-state index contributed by atoms with van der Waals surface area (Å²) in [6.07, 6.45) is 0. The minimum absolute atomic E-state index is 0.615. The molecule has 0 fully saturated rings. The van der Waals surface area contributed by atoms with Crippen LogP contribution in [0.5, 0.6) is 0 Å². The van der Waals surface area contributed by atoms with E-state index in [1.165, 1.54) is 5.39 Å². The Labute approximate surface area is 122 Å². The van der Waals surface area contributed by atoms with Gasteiger partial charge in [0, 0.05) is 16.7 Å². The van der Waals surface area contributed by atoms with Crippen molar-refractivity contribution in [3.8, 4) is 0 Å². The van der Waals surface area contributed by atoms with Gasteiger partial charge in [0.05, 0.1) is 10.6 Å². The second-order valence-electron chi connectivity index (χ2n) is 5.15. The second kappa shape index (κ2) is 5.35. The third kappa shape index (κ3) is 2.74. The van der Waals surface area contributed by atoms with Crippen LogP contribution >= 0.6 is 11.8 Å². The SMILES string of the molecule is CC(O)(CSc1cc2ccccc2[nH]1)c1ccccc1. The van der Waals surface area contributed by atoms with E-state index in [1.54, 1.807) is 11.8 Å². The van der Waals surface area contributed by atoms with E-state index in [-0.39, 0.29) is 0 Å². The van der Waals surface area contributed by atoms with Gasteiger partial charge in [-0.1, -0.05) is 48.5 Å². The highest BCUT2D eigenvalue weighted by Crippen LogP contribution is 2.30. The average molecular weight is 283 g/mol. The summed E-state index contributed by atoms with van der Waals surface area (Å²) in [7, 11) is 0. The first kappa shape index (κ1) is 13.3. The van der Waals surface area contributed by atoms with Crippen molar-refractivity contribution in [2.75, 3.05) is 5.75 Å². The maximum absolute atomic E-state index is 10.6. The molecule has 2 nitrogen and oxygen atoms in total. The summed E-state index contributed by atoms with van der Waals surface area (Å²) < 4.78 is 0. The van der Waals surface area contributed by atoms with Crippen LogP contribution < -0.4 is 0 Å². The molecule has 1 unspecified atom stereocenters. The lowest BCUT2D eigenvalue weighted by Crippen LogP contribution is -2.24. The molecule has 0 spiro atoms. The minimum atomic E-state index is -0.830. The molecule has 0 aliphatic heterocycles. The van der Waals surface area contributed by atoms with E-state index in [2.05, 4.69) is 23.2 Å². The Hall–Kier alpha value is -1.71. The van der Waals surface area contributed by atoms with Gasteiger partial charge in [-0.2, -0.15) is 0 Å². The number of rotatable bonds is 4. The van der Waals surface area contributed by atoms with Gasteiger partial charge in [-0.05, 0) is 24.6 Å². The molecule has 20 heavy (non-hydrogen) atoms. The molecule has 3 rings (SSSR count). The number of para-hydroxylation sites is 1. The van der Waals surface area contributed by atoms with E-state index < -0.39 is 5.60 Å². The monoisotopic (exact) mass is 283 g/mol. The zero-order valence-corrected chi connectivity index (χ0v) is 12.2. The van der Waals surface area contributed by atoms with E-state index in [4.69, 9.17) is 0 Å². The van der Waals surface area contributed by atoms with Gasteiger partial charge in [0.25, 0.3) is 0 Å². The summed E-state index contributed by atoms with van der Waals surface area (Å²) in [4.78, 5) is 3.37. The van der Waals surface area contributed by atoms with Crippen LogP contribution in [0.4, 0.5) is 0 Å². The molecule has 2 aromatic carbocycles. The quantitative estimate of drug-likeness (QED) is 0.705. The lowest BCUT2D eigenvalue weighted by Gasteiger charge is -2.23. The number of aromatic amines is 1. The lowest BCUT2D eigenvalue weighted by molar-refractivity contribution is 0.0839. The van der Waals surface area contributed by atoms with Crippen LogP contribution in [0.2, 0.25) is 0 Å². The summed E-state index contributed by atoms with van der Waals surface area (Å²) in [5.74, 6) is 0.615. The maximum atomic E-state index is 10.6. The first-order chi connectivity index (χ1) is 9.65. The standard InChI is InChI=1S/C17H17NOS/c1-17(19,14-8-3-2-4-9-14)12-20-16-11-13-7-5-6-10-15(13)18-16/h2-11,18-19H,12H2,1H3. The third-order valence-electron chi connectivity index (χ3n) is 3.41. The zero-order valence-electron chi connectivity index (χ0n) is 11.3. The molecule has 1 aromatic heterocycles. The van der Waals surface area contributed by atoms with Gasteiger partial charge in [-0.15, -0.1) is 11.8 Å². The molecule has 0 radical (unpaired) electrons. The van der Waals surface area contributed by atoms with Crippen LogP contribution in [-0.2, 0) is 5.60 Å². The van der Waals surface area contributed by atoms with Gasteiger partial charge in [-0.25, -0.2) is 0 Å². The molecule has 0 aliphatic rings. The maximum Gasteiger partial charge on any atom is 0.0962 e. The van der Waals surface area contributed by atoms with Crippen molar-refractivity contribution in [3.63, 3.8) is 0 Å². The van der Waals surface area contributed by atoms with Crippen LogP contribution in [0.1, 0.15) is 12.5 Å². The minimum Gasteiger partial charge on any atom is -0.385 e. The Morgan fingerprint density at radius 1 is 1.05 bits per heavy atom. The Morgan fingerprint density at radius 2 is 1.75 bits per heavy atom. The molecular weight excluding hydrogens is 266 g/mol. The normalized spacial score (nSPS) is 14.3. The molecule has 1 atom stereocenters. The van der Waals surface area contributed by atoms with Crippen molar-refractivity contribution in [1.29, 1.82) is 0 Å². The first-order valence-corrected chi connectivity index (χ1v) is 7.62. The van der Waals surface area contributed by atoms with Crippen molar-refractivity contribution in [2.24, 2.45) is 0 Å². The van der Waals surface area contributed by atoms with Crippen molar-refractivity contribution < 1.29 is 5.11 Å². The van der Waals surface area contributed by atoms with E-state index in [0.29, 0.717) is 5.75 Å². The second-order valence-corrected chi connectivity index (χ2v) is 6.17. The number of benzene rings is 2. The van der Waals surface area contributed by atoms with Crippen molar-refractivity contribution in [1.82, 2.24) is 4.98 Å². The van der Waals surface area contributed by atoms with Crippen LogP contribution in [0, 0.1) is 0 Å². The van der Waals surface area contributed by atoms with Crippen LogP contribution in [0.15, 0.2) is 65.7 Å². The fourth-order valence-corrected chi connectivity index (χ4v) is 3.22. The van der Waals surface area contributed by atoms with Gasteiger partial charge in [0.1, 0.15) is 0 Å². The lowest BCUT2D eigenvalue weighted by atomic mass is 9.99. The summed E-state index contributed by atoms with van der Waals surface area (Å²) >= 11 is 1.64. The van der Waals surface area contributed by atoms with E-state index in [9.17, 15) is 5.11 Å². The molecule has 3 aromatic rings. The van der Waals surface area contributed by atoms with Crippen molar-refractivity contribution in [3.05, 3.63) is 66.2 Å². The molecule has 102 valence electrons. The number of thioether (sulfide) groups is 1. The number of aromatic nitrogens is 1. The zero-order chi connectivity index (χ0) is 14.0. The molecule has 2 N–H and O–H groups in total. The van der Waals surface area contributed by atoms with Gasteiger partial charge >= 0.3 is 0 Å². The molecule has 1 heterocycles. The summed E-state index contributed by atoms with van der Waals surface area (Å²) in [6.45, 7) is 1.86. The summed E-state index contributed by atoms with van der Waals surface area (Å²) in [5, 5.41) is 12.9. The summed E-state index contributed by atoms with van der Waals surface area (Å²) in [6, 6.07) is 20.1. The fraction of sp³-hybridized carbons (Fsp3) is 0.176. The number of aliphatic hydroxyl groups is 1. The molecule has 0 bridgehead atoms. The van der Waals surface area contributed by atoms with Gasteiger partial charge < -0.3 is 10.1 Å². The molecule has 0 aliphatic carbocycles. The highest BCUT2D eigenvalue weighted by atomic mass is 32.2. The predicted octanol–water partition coefficient (Wildman–Crippen LogP) is 4.17. The fourth-order valence-electron chi connectivity index (χ4n) is 2.22. The van der Waals surface area contributed by atoms with Crippen molar-refractivity contribution in [2.45, 2.75) is 17.6 Å². The van der Waals surface area contributed by atoms with E-state index >= 15 is 0 Å².